The van der Waals surface area contributed by atoms with Crippen molar-refractivity contribution in [3.8, 4) is 34.5 Å². The molecule has 5 aromatic rings. The van der Waals surface area contributed by atoms with Crippen LogP contribution in [-0.2, 0) is 28.7 Å². The number of fused-ring (bicyclic) bond motifs is 1. The average Bonchev–Trinajstić information content (AvgIpc) is 3.82. The van der Waals surface area contributed by atoms with Crippen molar-refractivity contribution < 1.29 is 57.1 Å². The van der Waals surface area contributed by atoms with E-state index >= 15 is 0 Å². The molecule has 15 nitrogen and oxygen atoms in total. The van der Waals surface area contributed by atoms with Crippen molar-refractivity contribution in [3.05, 3.63) is 122 Å². The number of hydrogen-bond acceptors (Lipinski definition) is 16. The van der Waals surface area contributed by atoms with Crippen LogP contribution in [0, 0.1) is 23.7 Å². The highest BCUT2D eigenvalue weighted by Gasteiger charge is 2.30. The molecule has 69 heavy (non-hydrogen) atoms. The minimum Gasteiger partial charge on any atom is -0.493 e. The fourth-order valence-electron chi connectivity index (χ4n) is 7.97. The highest BCUT2D eigenvalue weighted by atomic mass is 32.1. The van der Waals surface area contributed by atoms with Gasteiger partial charge in [-0.15, -0.1) is 0 Å². The lowest BCUT2D eigenvalue weighted by Crippen LogP contribution is -2.28. The van der Waals surface area contributed by atoms with Crippen LogP contribution in [0.5, 0.6) is 34.5 Å². The SMILES string of the molecule is C=CC(=O)Oc1ccc(OC(=O)C2CCC(COc3ccc(OCC4CCC(C(=O)Oc5ccc(OC(=O)C=C)cc5)CC4)c(/C=N/N(CCOCCOC)c4nc5ccccc5s4)c3)CC2)cc1. The van der Waals surface area contributed by atoms with Gasteiger partial charge < -0.3 is 37.9 Å². The van der Waals surface area contributed by atoms with E-state index in [1.54, 1.807) is 73.2 Å². The van der Waals surface area contributed by atoms with E-state index in [0.717, 1.165) is 58.7 Å². The van der Waals surface area contributed by atoms with Gasteiger partial charge in [-0.05, 0) is 142 Å². The number of hydrazone groups is 1. The number of benzene rings is 4. The molecular formula is C53H57N3O12S. The predicted molar refractivity (Wildman–Crippen MR) is 261 cm³/mol. The second-order valence-corrected chi connectivity index (χ2v) is 17.7. The Bertz CT molecular complexity index is 2510. The van der Waals surface area contributed by atoms with Gasteiger partial charge in [0.2, 0.25) is 5.13 Å². The molecule has 0 unspecified atom stereocenters. The number of methoxy groups -OCH3 is 1. The molecule has 0 aliphatic heterocycles. The Kier molecular flexibility index (Phi) is 18.5. The smallest absolute Gasteiger partial charge is 0.335 e. The maximum Gasteiger partial charge on any atom is 0.335 e. The molecule has 4 aromatic carbocycles. The Hall–Kier alpha value is -6.88. The molecule has 0 radical (unpaired) electrons. The predicted octanol–water partition coefficient (Wildman–Crippen LogP) is 9.56. The highest BCUT2D eigenvalue weighted by Crippen LogP contribution is 2.35. The molecule has 16 heteroatoms. The summed E-state index contributed by atoms with van der Waals surface area (Å²) in [4.78, 5) is 54.0. The lowest BCUT2D eigenvalue weighted by molar-refractivity contribution is -0.141. The van der Waals surface area contributed by atoms with Crippen LogP contribution in [-0.4, -0.2) is 81.8 Å². The fraction of sp³-hybridized carbons (Fsp3) is 0.358. The van der Waals surface area contributed by atoms with E-state index in [-0.39, 0.29) is 35.6 Å². The van der Waals surface area contributed by atoms with E-state index in [2.05, 4.69) is 13.2 Å². The van der Waals surface area contributed by atoms with Crippen molar-refractivity contribution in [3.63, 3.8) is 0 Å². The lowest BCUT2D eigenvalue weighted by atomic mass is 9.82. The van der Waals surface area contributed by atoms with E-state index < -0.39 is 11.9 Å². The first-order valence-electron chi connectivity index (χ1n) is 23.1. The summed E-state index contributed by atoms with van der Waals surface area (Å²) in [6.45, 7) is 9.51. The van der Waals surface area contributed by atoms with Gasteiger partial charge in [-0.1, -0.05) is 36.6 Å². The van der Waals surface area contributed by atoms with Crippen molar-refractivity contribution in [2.75, 3.05) is 51.7 Å². The van der Waals surface area contributed by atoms with E-state index in [4.69, 9.17) is 48.0 Å². The third kappa shape index (κ3) is 15.1. The molecular weight excluding hydrogens is 903 g/mol. The third-order valence-corrected chi connectivity index (χ3v) is 12.9. The molecule has 2 fully saturated rings. The topological polar surface area (TPSA) is 171 Å². The number of anilines is 1. The van der Waals surface area contributed by atoms with Crippen LogP contribution in [0.15, 0.2) is 121 Å². The molecule has 2 aliphatic rings. The molecule has 1 heterocycles. The van der Waals surface area contributed by atoms with E-state index in [9.17, 15) is 19.2 Å². The van der Waals surface area contributed by atoms with Gasteiger partial charge in [-0.25, -0.2) is 19.6 Å². The molecule has 362 valence electrons. The number of para-hydroxylation sites is 1. The van der Waals surface area contributed by atoms with Crippen molar-refractivity contribution in [1.29, 1.82) is 0 Å². The van der Waals surface area contributed by atoms with E-state index in [0.29, 0.717) is 99.8 Å². The minimum absolute atomic E-state index is 0.221. The van der Waals surface area contributed by atoms with Crippen molar-refractivity contribution in [2.45, 2.75) is 51.4 Å². The summed E-state index contributed by atoms with van der Waals surface area (Å²) in [6, 6.07) is 26.4. The normalized spacial score (nSPS) is 17.9. The molecule has 0 bridgehead atoms. The Morgan fingerprint density at radius 3 is 1.71 bits per heavy atom. The first kappa shape index (κ1) is 50.0. The number of thiazole rings is 1. The third-order valence-electron chi connectivity index (χ3n) is 11.9. The molecule has 0 spiro atoms. The number of hydrogen-bond donors (Lipinski definition) is 0. The monoisotopic (exact) mass is 959 g/mol. The standard InChI is InChI=1S/C53H57N3O12S/c1-4-49(57)65-41-18-22-43(23-19-41)67-51(59)38-14-10-36(11-15-38)34-63-45-26-27-47(40(32-45)33-54-56(28-29-62-31-30-61-3)53-55-46-8-6-7-9-48(46)69-53)64-35-37-12-16-39(17-13-37)52(60)68-44-24-20-42(21-25-44)66-50(58)5-2/h4-9,18-27,32-33,36-39H,1-2,10-17,28-31,34-35H2,3H3/b54-33+. The Morgan fingerprint density at radius 2 is 1.17 bits per heavy atom. The number of carbonyl (C=O) groups is 4. The van der Waals surface area contributed by atoms with Gasteiger partial charge in [-0.2, -0.15) is 5.10 Å². The number of carbonyl (C=O) groups excluding carboxylic acids is 4. The number of nitrogens with zero attached hydrogens (tertiary/aromatic N) is 3. The van der Waals surface area contributed by atoms with Gasteiger partial charge in [-0.3, -0.25) is 9.59 Å². The number of esters is 4. The maximum absolute atomic E-state index is 13.1. The number of ether oxygens (including phenoxy) is 8. The van der Waals surface area contributed by atoms with Crippen molar-refractivity contribution >= 4 is 56.8 Å². The van der Waals surface area contributed by atoms with Crippen molar-refractivity contribution in [1.82, 2.24) is 4.98 Å². The molecule has 0 amide bonds. The highest BCUT2D eigenvalue weighted by molar-refractivity contribution is 7.22. The van der Waals surface area contributed by atoms with Crippen molar-refractivity contribution in [2.24, 2.45) is 28.8 Å². The van der Waals surface area contributed by atoms with Crippen LogP contribution in [0.1, 0.15) is 56.9 Å². The minimum atomic E-state index is -0.568. The van der Waals surface area contributed by atoms with Gasteiger partial charge in [0.15, 0.2) is 0 Å². The zero-order valence-electron chi connectivity index (χ0n) is 38.7. The van der Waals surface area contributed by atoms with Crippen LogP contribution < -0.4 is 33.4 Å². The summed E-state index contributed by atoms with van der Waals surface area (Å²) >= 11 is 1.55. The summed E-state index contributed by atoms with van der Waals surface area (Å²) in [5.41, 5.74) is 1.61. The van der Waals surface area contributed by atoms with Crippen LogP contribution in [0.25, 0.3) is 10.2 Å². The number of rotatable bonds is 23. The van der Waals surface area contributed by atoms with Gasteiger partial charge in [0.25, 0.3) is 0 Å². The molecule has 2 aliphatic carbocycles. The summed E-state index contributed by atoms with van der Waals surface area (Å²) in [6.07, 6.45) is 9.80. The maximum atomic E-state index is 13.1. The Labute approximate surface area is 405 Å². The second kappa shape index (κ2) is 25.5. The Balaban J connectivity index is 0.973. The molecule has 0 saturated heterocycles. The summed E-state index contributed by atoms with van der Waals surface area (Å²) in [5, 5.41) is 7.51. The number of aromatic nitrogens is 1. The molecule has 7 rings (SSSR count). The first-order valence-corrected chi connectivity index (χ1v) is 23.9. The summed E-state index contributed by atoms with van der Waals surface area (Å²) in [7, 11) is 1.64. The first-order chi connectivity index (χ1) is 33.7. The Morgan fingerprint density at radius 1 is 0.652 bits per heavy atom. The van der Waals surface area contributed by atoms with E-state index in [1.807, 2.05) is 47.5 Å². The largest absolute Gasteiger partial charge is 0.493 e. The van der Waals surface area contributed by atoms with Crippen LogP contribution in [0.3, 0.4) is 0 Å². The molecule has 1 aromatic heterocycles. The zero-order valence-corrected chi connectivity index (χ0v) is 39.5. The molecule has 0 N–H and O–H groups in total. The van der Waals surface area contributed by atoms with E-state index in [1.165, 1.54) is 0 Å². The zero-order chi connectivity index (χ0) is 48.4. The van der Waals surface area contributed by atoms with Crippen LogP contribution >= 0.6 is 11.3 Å². The van der Waals surface area contributed by atoms with Gasteiger partial charge in [0, 0.05) is 24.8 Å². The van der Waals surface area contributed by atoms with Crippen LogP contribution in [0.2, 0.25) is 0 Å². The van der Waals surface area contributed by atoms with Crippen LogP contribution in [0.4, 0.5) is 5.13 Å². The van der Waals surface area contributed by atoms with Gasteiger partial charge >= 0.3 is 23.9 Å². The summed E-state index contributed by atoms with van der Waals surface area (Å²) in [5.74, 6) is 1.03. The average molecular weight is 960 g/mol. The quantitative estimate of drug-likeness (QED) is 0.0151. The second-order valence-electron chi connectivity index (χ2n) is 16.7. The molecule has 0 atom stereocenters. The summed E-state index contributed by atoms with van der Waals surface area (Å²) < 4.78 is 46.5. The van der Waals surface area contributed by atoms with Gasteiger partial charge in [0.05, 0.1) is 67.8 Å². The lowest BCUT2D eigenvalue weighted by Gasteiger charge is -2.28. The fourth-order valence-corrected chi connectivity index (χ4v) is 8.92. The molecule has 2 saturated carbocycles. The van der Waals surface area contributed by atoms with Gasteiger partial charge in [0.1, 0.15) is 34.5 Å².